The van der Waals surface area contributed by atoms with Crippen molar-refractivity contribution in [2.24, 2.45) is 11.1 Å². The first-order valence-electron chi connectivity index (χ1n) is 10.6. The third-order valence-electron chi connectivity index (χ3n) is 6.34. The van der Waals surface area contributed by atoms with Gasteiger partial charge in [-0.1, -0.05) is 17.3 Å². The Morgan fingerprint density at radius 1 is 1.21 bits per heavy atom. The lowest BCUT2D eigenvalue weighted by Gasteiger charge is -2.55. The largest absolute Gasteiger partial charge is 0.394 e. The number of hydrogen-bond donors (Lipinski definition) is 0. The molecule has 0 spiro atoms. The molecule has 3 saturated heterocycles. The number of ether oxygens (including phenoxy) is 2. The molecule has 0 amide bonds. The molecule has 5 rings (SSSR count). The van der Waals surface area contributed by atoms with Gasteiger partial charge in [0.05, 0.1) is 18.8 Å². The summed E-state index contributed by atoms with van der Waals surface area (Å²) in [5, 5.41) is 4.57. The molecule has 2 unspecified atom stereocenters. The fourth-order valence-electron chi connectivity index (χ4n) is 4.80. The van der Waals surface area contributed by atoms with Gasteiger partial charge in [-0.2, -0.15) is 0 Å². The topological polar surface area (TPSA) is 43.3 Å². The van der Waals surface area contributed by atoms with Crippen LogP contribution in [0.25, 0.3) is 6.08 Å². The normalized spacial score (nSPS) is 32.1. The van der Waals surface area contributed by atoms with Crippen molar-refractivity contribution in [3.8, 4) is 0 Å². The van der Waals surface area contributed by atoms with Crippen LogP contribution in [0.1, 0.15) is 39.2 Å². The van der Waals surface area contributed by atoms with E-state index < -0.39 is 5.60 Å². The molecule has 0 aromatic heterocycles. The van der Waals surface area contributed by atoms with Gasteiger partial charge in [-0.05, 0) is 63.0 Å². The van der Waals surface area contributed by atoms with Crippen LogP contribution < -0.4 is 0 Å². The van der Waals surface area contributed by atoms with Crippen LogP contribution in [0.2, 0.25) is 0 Å². The molecular weight excluding hydrogens is 371 g/mol. The smallest absolute Gasteiger partial charge is 0.129 e. The minimum atomic E-state index is -0.469. The first kappa shape index (κ1) is 20.5. The Hall–Kier alpha value is -1.76. The van der Waals surface area contributed by atoms with Crippen molar-refractivity contribution in [3.05, 3.63) is 41.2 Å². The molecule has 3 heterocycles. The van der Waals surface area contributed by atoms with Crippen LogP contribution in [-0.4, -0.2) is 61.3 Å². The predicted molar refractivity (Wildman–Crippen MR) is 111 cm³/mol. The van der Waals surface area contributed by atoms with Crippen LogP contribution in [0.4, 0.5) is 4.39 Å². The van der Waals surface area contributed by atoms with Crippen molar-refractivity contribution in [3.63, 3.8) is 0 Å². The number of nitrogens with zero attached hydrogens (tertiary/aromatic N) is 2. The highest BCUT2D eigenvalue weighted by molar-refractivity contribution is 6.10. The Bertz CT molecular complexity index is 784. The molecule has 4 fully saturated rings. The summed E-state index contributed by atoms with van der Waals surface area (Å²) in [6.45, 7) is 11.2. The lowest BCUT2D eigenvalue weighted by molar-refractivity contribution is -0.165. The van der Waals surface area contributed by atoms with Gasteiger partial charge < -0.3 is 14.3 Å². The summed E-state index contributed by atoms with van der Waals surface area (Å²) in [5.41, 5.74) is 2.25. The van der Waals surface area contributed by atoms with E-state index in [1.165, 1.54) is 12.1 Å². The quantitative estimate of drug-likeness (QED) is 0.554. The molecule has 158 valence electrons. The summed E-state index contributed by atoms with van der Waals surface area (Å²) >= 11 is 0. The van der Waals surface area contributed by atoms with E-state index in [4.69, 9.17) is 14.3 Å². The van der Waals surface area contributed by atoms with E-state index in [9.17, 15) is 4.39 Å². The summed E-state index contributed by atoms with van der Waals surface area (Å²) < 4.78 is 25.2. The molecule has 1 aromatic rings. The zero-order chi connectivity index (χ0) is 20.5. The molecule has 1 saturated carbocycles. The molecule has 2 bridgehead atoms. The molecule has 5 nitrogen and oxygen atoms in total. The van der Waals surface area contributed by atoms with Gasteiger partial charge in [0, 0.05) is 25.6 Å². The van der Waals surface area contributed by atoms with E-state index in [-0.39, 0.29) is 17.3 Å². The van der Waals surface area contributed by atoms with Gasteiger partial charge in [0.15, 0.2) is 0 Å². The number of morpholine rings is 1. The van der Waals surface area contributed by atoms with Crippen molar-refractivity contribution in [1.82, 2.24) is 4.90 Å². The van der Waals surface area contributed by atoms with Crippen molar-refractivity contribution in [2.75, 3.05) is 39.5 Å². The SMILES string of the molecule is CC12CCC(C(=C\c3ccc(F)cc3)/C1=N/OCCN1CCOCC1)C(C)(C)O2. The second kappa shape index (κ2) is 8.17. The highest BCUT2D eigenvalue weighted by atomic mass is 19.1. The van der Waals surface area contributed by atoms with E-state index in [1.807, 2.05) is 0 Å². The average molecular weight is 403 g/mol. The summed E-state index contributed by atoms with van der Waals surface area (Å²) in [6.07, 6.45) is 4.09. The number of benzene rings is 1. The maximum absolute atomic E-state index is 13.3. The van der Waals surface area contributed by atoms with Gasteiger partial charge in [-0.15, -0.1) is 0 Å². The lowest BCUT2D eigenvalue weighted by Crippen LogP contribution is -2.60. The van der Waals surface area contributed by atoms with Gasteiger partial charge >= 0.3 is 0 Å². The van der Waals surface area contributed by atoms with E-state index in [2.05, 4.69) is 36.9 Å². The van der Waals surface area contributed by atoms with Crippen LogP contribution in [0.15, 0.2) is 35.0 Å². The molecule has 0 radical (unpaired) electrons. The zero-order valence-electron chi connectivity index (χ0n) is 17.6. The van der Waals surface area contributed by atoms with Crippen molar-refractivity contribution in [2.45, 2.75) is 44.8 Å². The lowest BCUT2D eigenvalue weighted by atomic mass is 9.64. The van der Waals surface area contributed by atoms with Crippen LogP contribution in [0, 0.1) is 11.7 Å². The molecule has 1 aliphatic carbocycles. The molecule has 2 atom stereocenters. The van der Waals surface area contributed by atoms with Gasteiger partial charge in [0.1, 0.15) is 23.7 Å². The highest BCUT2D eigenvalue weighted by Gasteiger charge is 2.55. The minimum absolute atomic E-state index is 0.228. The fourth-order valence-corrected chi connectivity index (χ4v) is 4.80. The van der Waals surface area contributed by atoms with Gasteiger partial charge in [0.2, 0.25) is 0 Å². The summed E-state index contributed by atoms with van der Waals surface area (Å²) in [4.78, 5) is 8.10. The van der Waals surface area contributed by atoms with Crippen LogP contribution in [0.3, 0.4) is 0 Å². The third kappa shape index (κ3) is 4.39. The Morgan fingerprint density at radius 2 is 1.93 bits per heavy atom. The van der Waals surface area contributed by atoms with E-state index in [0.29, 0.717) is 6.61 Å². The minimum Gasteiger partial charge on any atom is -0.394 e. The maximum atomic E-state index is 13.3. The molecular formula is C23H31FN2O3. The molecule has 4 aliphatic rings. The maximum Gasteiger partial charge on any atom is 0.129 e. The van der Waals surface area contributed by atoms with Crippen LogP contribution >= 0.6 is 0 Å². The number of hydrogen-bond acceptors (Lipinski definition) is 5. The van der Waals surface area contributed by atoms with Crippen LogP contribution in [-0.2, 0) is 14.3 Å². The summed E-state index contributed by atoms with van der Waals surface area (Å²) in [6, 6.07) is 6.59. The fraction of sp³-hybridized carbons (Fsp3) is 0.609. The number of fused-ring (bicyclic) bond motifs is 3. The number of halogens is 1. The summed E-state index contributed by atoms with van der Waals surface area (Å²) in [7, 11) is 0. The molecule has 29 heavy (non-hydrogen) atoms. The van der Waals surface area contributed by atoms with Crippen molar-refractivity contribution >= 4 is 11.8 Å². The number of rotatable bonds is 5. The van der Waals surface area contributed by atoms with Crippen molar-refractivity contribution in [1.29, 1.82) is 0 Å². The van der Waals surface area contributed by atoms with Gasteiger partial charge in [-0.25, -0.2) is 4.39 Å². The predicted octanol–water partition coefficient (Wildman–Crippen LogP) is 3.89. The van der Waals surface area contributed by atoms with Crippen LogP contribution in [0.5, 0.6) is 0 Å². The zero-order valence-corrected chi connectivity index (χ0v) is 17.6. The molecule has 3 aliphatic heterocycles. The Labute approximate surface area is 172 Å². The third-order valence-corrected chi connectivity index (χ3v) is 6.34. The monoisotopic (exact) mass is 402 g/mol. The highest BCUT2D eigenvalue weighted by Crippen LogP contribution is 2.51. The Balaban J connectivity index is 1.56. The van der Waals surface area contributed by atoms with Gasteiger partial charge in [-0.3, -0.25) is 4.90 Å². The van der Waals surface area contributed by atoms with E-state index in [0.717, 1.165) is 62.5 Å². The van der Waals surface area contributed by atoms with E-state index in [1.54, 1.807) is 12.1 Å². The first-order chi connectivity index (χ1) is 13.9. The Kier molecular flexibility index (Phi) is 5.78. The molecule has 6 heteroatoms. The second-order valence-corrected chi connectivity index (χ2v) is 8.91. The summed E-state index contributed by atoms with van der Waals surface area (Å²) in [5.74, 6) is 0.00393. The first-order valence-corrected chi connectivity index (χ1v) is 10.6. The standard InChI is InChI=1S/C23H31FN2O3/c1-22(2)20-8-9-23(3,29-22)21(19(20)16-17-4-6-18(24)7-5-17)25-28-15-12-26-10-13-27-14-11-26/h4-7,16,20H,8-15H2,1-3H3/b19-16+,25-21-. The van der Waals surface area contributed by atoms with Crippen molar-refractivity contribution < 1.29 is 18.7 Å². The van der Waals surface area contributed by atoms with Gasteiger partial charge in [0.25, 0.3) is 0 Å². The molecule has 1 aromatic carbocycles. The average Bonchev–Trinajstić information content (AvgIpc) is 2.68. The Morgan fingerprint density at radius 3 is 2.62 bits per heavy atom. The second-order valence-electron chi connectivity index (χ2n) is 8.91. The number of oxime groups is 1. The van der Waals surface area contributed by atoms with E-state index >= 15 is 0 Å². The molecule has 0 N–H and O–H groups in total.